The van der Waals surface area contributed by atoms with E-state index in [0.717, 1.165) is 11.3 Å². The van der Waals surface area contributed by atoms with E-state index in [1.807, 2.05) is 24.3 Å². The van der Waals surface area contributed by atoms with Crippen molar-refractivity contribution in [2.24, 2.45) is 5.73 Å². The Morgan fingerprint density at radius 1 is 1.39 bits per heavy atom. The molecule has 1 rings (SSSR count). The van der Waals surface area contributed by atoms with E-state index in [4.69, 9.17) is 10.5 Å². The lowest BCUT2D eigenvalue weighted by Crippen LogP contribution is -2.23. The van der Waals surface area contributed by atoms with Crippen LogP contribution in [0.4, 0.5) is 4.79 Å². The maximum atomic E-state index is 10.3. The van der Waals surface area contributed by atoms with Crippen LogP contribution in [0.25, 0.3) is 0 Å². The van der Waals surface area contributed by atoms with Crippen LogP contribution in [0.5, 0.6) is 5.75 Å². The highest BCUT2D eigenvalue weighted by Gasteiger charge is 1.96. The Morgan fingerprint density at radius 3 is 2.72 bits per heavy atom. The van der Waals surface area contributed by atoms with Gasteiger partial charge in [-0.1, -0.05) is 24.8 Å². The summed E-state index contributed by atoms with van der Waals surface area (Å²) in [5, 5.41) is 3.13. The second-order valence-corrected chi connectivity index (χ2v) is 3.59. The summed E-state index contributed by atoms with van der Waals surface area (Å²) in [7, 11) is 0. The third kappa shape index (κ3) is 5.91. The molecule has 0 aliphatic heterocycles. The number of primary amides is 1. The number of carbonyl (C=O) groups excluding carboxylic acids is 1. The van der Waals surface area contributed by atoms with Gasteiger partial charge in [0.1, 0.15) is 19.0 Å². The van der Waals surface area contributed by atoms with Gasteiger partial charge in [0.2, 0.25) is 0 Å². The minimum atomic E-state index is -0.750. The average Bonchev–Trinajstić information content (AvgIpc) is 2.37. The molecule has 0 saturated heterocycles. The van der Waals surface area contributed by atoms with Crippen molar-refractivity contribution >= 4 is 6.09 Å². The Labute approximate surface area is 107 Å². The molecule has 1 aromatic carbocycles. The second kappa shape index (κ2) is 8.14. The highest BCUT2D eigenvalue weighted by atomic mass is 16.5. The van der Waals surface area contributed by atoms with E-state index in [-0.39, 0.29) is 6.61 Å². The van der Waals surface area contributed by atoms with Crippen molar-refractivity contribution in [2.45, 2.75) is 6.54 Å². The summed E-state index contributed by atoms with van der Waals surface area (Å²) in [6, 6.07) is 7.75. The lowest BCUT2D eigenvalue weighted by Gasteiger charge is -2.07. The van der Waals surface area contributed by atoms with Crippen molar-refractivity contribution in [3.8, 4) is 5.75 Å². The number of nitrogens with two attached hydrogens (primary N) is 1. The van der Waals surface area contributed by atoms with Gasteiger partial charge in [-0.15, -0.1) is 0 Å². The minimum Gasteiger partial charge on any atom is -0.490 e. The number of nitrogens with one attached hydrogen (secondary N) is 1. The van der Waals surface area contributed by atoms with E-state index >= 15 is 0 Å². The van der Waals surface area contributed by atoms with Gasteiger partial charge in [-0.3, -0.25) is 0 Å². The lowest BCUT2D eigenvalue weighted by atomic mass is 10.2. The van der Waals surface area contributed by atoms with Gasteiger partial charge in [-0.05, 0) is 17.7 Å². The Kier molecular flexibility index (Phi) is 6.35. The SMILES string of the molecule is C=CCOc1ccc(CNCCOC(N)=O)cc1. The number of ether oxygens (including phenoxy) is 2. The largest absolute Gasteiger partial charge is 0.490 e. The molecule has 5 nitrogen and oxygen atoms in total. The maximum absolute atomic E-state index is 10.3. The zero-order valence-electron chi connectivity index (χ0n) is 10.2. The first-order chi connectivity index (χ1) is 8.72. The molecule has 0 radical (unpaired) electrons. The third-order valence-electron chi connectivity index (χ3n) is 2.14. The third-order valence-corrected chi connectivity index (χ3v) is 2.14. The van der Waals surface area contributed by atoms with E-state index in [1.165, 1.54) is 0 Å². The van der Waals surface area contributed by atoms with Crippen LogP contribution in [0, 0.1) is 0 Å². The van der Waals surface area contributed by atoms with Gasteiger partial charge in [0.15, 0.2) is 0 Å². The summed E-state index contributed by atoms with van der Waals surface area (Å²) in [4.78, 5) is 10.3. The number of hydrogen-bond acceptors (Lipinski definition) is 4. The molecule has 0 fully saturated rings. The van der Waals surface area contributed by atoms with Gasteiger partial charge in [0, 0.05) is 13.1 Å². The number of carbonyl (C=O) groups is 1. The topological polar surface area (TPSA) is 73.6 Å². The van der Waals surface area contributed by atoms with Crippen LogP contribution in [-0.2, 0) is 11.3 Å². The summed E-state index contributed by atoms with van der Waals surface area (Å²) >= 11 is 0. The molecule has 0 aromatic heterocycles. The molecule has 0 bridgehead atoms. The van der Waals surface area contributed by atoms with E-state index in [2.05, 4.69) is 16.6 Å². The maximum Gasteiger partial charge on any atom is 0.404 e. The average molecular weight is 250 g/mol. The molecular weight excluding hydrogens is 232 g/mol. The number of amides is 1. The van der Waals surface area contributed by atoms with E-state index in [9.17, 15) is 4.79 Å². The van der Waals surface area contributed by atoms with Crippen LogP contribution in [-0.4, -0.2) is 25.9 Å². The summed E-state index contributed by atoms with van der Waals surface area (Å²) in [6.45, 7) is 5.63. The molecule has 0 atom stereocenters. The number of hydrogen-bond donors (Lipinski definition) is 2. The van der Waals surface area contributed by atoms with Crippen LogP contribution in [0.3, 0.4) is 0 Å². The highest BCUT2D eigenvalue weighted by Crippen LogP contribution is 2.11. The van der Waals surface area contributed by atoms with Crippen LogP contribution < -0.4 is 15.8 Å². The van der Waals surface area contributed by atoms with Gasteiger partial charge in [0.05, 0.1) is 0 Å². The Balaban J connectivity index is 2.22. The molecular formula is C13H18N2O3. The smallest absolute Gasteiger partial charge is 0.404 e. The summed E-state index contributed by atoms with van der Waals surface area (Å²) in [5.74, 6) is 0.815. The van der Waals surface area contributed by atoms with Gasteiger partial charge in [0.25, 0.3) is 0 Å². The van der Waals surface area contributed by atoms with E-state index in [1.54, 1.807) is 6.08 Å². The van der Waals surface area contributed by atoms with Crippen LogP contribution in [0.1, 0.15) is 5.56 Å². The standard InChI is InChI=1S/C13H18N2O3/c1-2-8-17-12-5-3-11(4-6-12)10-15-7-9-18-13(14)16/h2-6,15H,1,7-10H2,(H2,14,16). The summed E-state index contributed by atoms with van der Waals surface area (Å²) in [5.41, 5.74) is 5.96. The number of rotatable bonds is 8. The zero-order valence-corrected chi connectivity index (χ0v) is 10.2. The summed E-state index contributed by atoms with van der Waals surface area (Å²) in [6.07, 6.45) is 0.953. The van der Waals surface area contributed by atoms with Crippen molar-refractivity contribution in [2.75, 3.05) is 19.8 Å². The van der Waals surface area contributed by atoms with Gasteiger partial charge >= 0.3 is 6.09 Å². The van der Waals surface area contributed by atoms with Crippen LogP contribution in [0.15, 0.2) is 36.9 Å². The lowest BCUT2D eigenvalue weighted by molar-refractivity contribution is 0.157. The Morgan fingerprint density at radius 2 is 2.11 bits per heavy atom. The monoisotopic (exact) mass is 250 g/mol. The van der Waals surface area contributed by atoms with Crippen LogP contribution in [0.2, 0.25) is 0 Å². The fourth-order valence-electron chi connectivity index (χ4n) is 1.32. The van der Waals surface area contributed by atoms with Crippen molar-refractivity contribution in [3.05, 3.63) is 42.5 Å². The quantitative estimate of drug-likeness (QED) is 0.541. The second-order valence-electron chi connectivity index (χ2n) is 3.59. The first kappa shape index (κ1) is 14.1. The van der Waals surface area contributed by atoms with E-state index < -0.39 is 6.09 Å². The molecule has 0 aliphatic rings. The number of benzene rings is 1. The molecule has 3 N–H and O–H groups in total. The predicted octanol–water partition coefficient (Wildman–Crippen LogP) is 1.44. The summed E-state index contributed by atoms with van der Waals surface area (Å²) < 4.78 is 9.96. The van der Waals surface area contributed by atoms with Crippen molar-refractivity contribution < 1.29 is 14.3 Å². The minimum absolute atomic E-state index is 0.274. The van der Waals surface area contributed by atoms with Gasteiger partial charge in [-0.25, -0.2) is 4.79 Å². The van der Waals surface area contributed by atoms with Crippen molar-refractivity contribution in [3.63, 3.8) is 0 Å². The Hall–Kier alpha value is -2.01. The molecule has 5 heteroatoms. The molecule has 98 valence electrons. The fraction of sp³-hybridized carbons (Fsp3) is 0.308. The zero-order chi connectivity index (χ0) is 13.2. The molecule has 0 aliphatic carbocycles. The van der Waals surface area contributed by atoms with Crippen LogP contribution >= 0.6 is 0 Å². The Bertz CT molecular complexity index is 376. The van der Waals surface area contributed by atoms with Crippen molar-refractivity contribution in [1.82, 2.24) is 5.32 Å². The molecule has 1 amide bonds. The first-order valence-corrected chi connectivity index (χ1v) is 5.68. The molecule has 0 spiro atoms. The molecule has 18 heavy (non-hydrogen) atoms. The van der Waals surface area contributed by atoms with Gasteiger partial charge < -0.3 is 20.5 Å². The first-order valence-electron chi connectivity index (χ1n) is 5.68. The van der Waals surface area contributed by atoms with E-state index in [0.29, 0.717) is 19.7 Å². The molecule has 0 saturated carbocycles. The normalized spacial score (nSPS) is 9.78. The highest BCUT2D eigenvalue weighted by molar-refractivity contribution is 5.64. The molecule has 1 aromatic rings. The molecule has 0 unspecified atom stereocenters. The van der Waals surface area contributed by atoms with Crippen molar-refractivity contribution in [1.29, 1.82) is 0 Å². The predicted molar refractivity (Wildman–Crippen MR) is 69.4 cm³/mol. The van der Waals surface area contributed by atoms with Gasteiger partial charge in [-0.2, -0.15) is 0 Å². The molecule has 0 heterocycles. The fourth-order valence-corrected chi connectivity index (χ4v) is 1.32.